The van der Waals surface area contributed by atoms with E-state index in [0.29, 0.717) is 13.0 Å². The number of carbonyl (C=O) groups is 1. The van der Waals surface area contributed by atoms with Crippen LogP contribution in [0.25, 0.3) is 0 Å². The van der Waals surface area contributed by atoms with E-state index >= 15 is 0 Å². The largest absolute Gasteiger partial charge is 0.505 e. The smallest absolute Gasteiger partial charge is 0.323 e. The van der Waals surface area contributed by atoms with Gasteiger partial charge in [0.05, 0.1) is 7.11 Å². The van der Waals surface area contributed by atoms with Gasteiger partial charge in [0.15, 0.2) is 11.6 Å². The first-order valence-electron chi connectivity index (χ1n) is 7.55. The number of nitrogens with zero attached hydrogens (tertiary/aromatic N) is 1. The van der Waals surface area contributed by atoms with Crippen molar-refractivity contribution in [3.8, 4) is 5.75 Å². The highest BCUT2D eigenvalue weighted by Crippen LogP contribution is 2.28. The zero-order valence-corrected chi connectivity index (χ0v) is 13.1. The summed E-state index contributed by atoms with van der Waals surface area (Å²) in [6.45, 7) is 0.467. The Morgan fingerprint density at radius 3 is 2.67 bits per heavy atom. The van der Waals surface area contributed by atoms with Gasteiger partial charge in [0.1, 0.15) is 11.9 Å². The number of rotatable bonds is 3. The molecule has 1 N–H and O–H groups in total. The summed E-state index contributed by atoms with van der Waals surface area (Å²) in [5.74, 6) is -2.75. The van der Waals surface area contributed by atoms with Crippen LogP contribution >= 0.6 is 0 Å². The van der Waals surface area contributed by atoms with Gasteiger partial charge in [-0.15, -0.1) is 0 Å². The molecule has 0 fully saturated rings. The predicted octanol–water partition coefficient (Wildman–Crippen LogP) is 2.77. The maximum atomic E-state index is 14.0. The molecule has 24 heavy (non-hydrogen) atoms. The fourth-order valence-electron chi connectivity index (χ4n) is 3.03. The van der Waals surface area contributed by atoms with Crippen LogP contribution < -0.4 is 0 Å². The van der Waals surface area contributed by atoms with Gasteiger partial charge in [-0.25, -0.2) is 8.78 Å². The molecule has 1 atom stereocenters. The van der Waals surface area contributed by atoms with E-state index in [0.717, 1.165) is 23.3 Å². The van der Waals surface area contributed by atoms with Crippen LogP contribution in [0.4, 0.5) is 8.78 Å². The third-order valence-corrected chi connectivity index (χ3v) is 4.31. The van der Waals surface area contributed by atoms with Crippen molar-refractivity contribution in [2.75, 3.05) is 7.11 Å². The summed E-state index contributed by atoms with van der Waals surface area (Å²) >= 11 is 0. The lowest BCUT2D eigenvalue weighted by Gasteiger charge is -2.35. The molecule has 3 rings (SSSR count). The molecular weight excluding hydrogens is 316 g/mol. The molecule has 2 aromatic rings. The molecule has 1 heterocycles. The van der Waals surface area contributed by atoms with Crippen LogP contribution in [0.5, 0.6) is 5.75 Å². The van der Waals surface area contributed by atoms with Crippen LogP contribution in [0.2, 0.25) is 0 Å². The number of carbonyl (C=O) groups excluding carboxylic acids is 1. The number of benzene rings is 2. The summed E-state index contributed by atoms with van der Waals surface area (Å²) in [5.41, 5.74) is 2.16. The second-order valence-corrected chi connectivity index (χ2v) is 5.81. The van der Waals surface area contributed by atoms with Gasteiger partial charge >= 0.3 is 5.97 Å². The van der Waals surface area contributed by atoms with Crippen LogP contribution in [0.3, 0.4) is 0 Å². The molecular formula is C18H17F2NO3. The molecule has 0 saturated carbocycles. The summed E-state index contributed by atoms with van der Waals surface area (Å²) in [5, 5.41) is 9.24. The summed E-state index contributed by atoms with van der Waals surface area (Å²) in [7, 11) is 1.31. The van der Waals surface area contributed by atoms with Gasteiger partial charge in [0.25, 0.3) is 0 Å². The Morgan fingerprint density at radius 1 is 1.25 bits per heavy atom. The van der Waals surface area contributed by atoms with Crippen LogP contribution in [0.1, 0.15) is 16.7 Å². The molecule has 4 nitrogen and oxygen atoms in total. The van der Waals surface area contributed by atoms with Crippen LogP contribution in [0.15, 0.2) is 36.4 Å². The Hall–Kier alpha value is -2.47. The zero-order valence-electron chi connectivity index (χ0n) is 13.1. The average Bonchev–Trinajstić information content (AvgIpc) is 2.58. The Morgan fingerprint density at radius 2 is 1.96 bits per heavy atom. The topological polar surface area (TPSA) is 49.8 Å². The molecule has 1 aliphatic rings. The first kappa shape index (κ1) is 16.4. The van der Waals surface area contributed by atoms with Crippen molar-refractivity contribution in [1.82, 2.24) is 4.90 Å². The van der Waals surface area contributed by atoms with E-state index in [1.165, 1.54) is 7.11 Å². The fraction of sp³-hybridized carbons (Fsp3) is 0.278. The minimum atomic E-state index is -0.890. The molecule has 0 amide bonds. The molecule has 0 saturated heterocycles. The molecule has 6 heteroatoms. The average molecular weight is 333 g/mol. The SMILES string of the molecule is COC(=O)C1Cc2ccccc2CN1Cc1cc(F)c(O)cc1F. The van der Waals surface area contributed by atoms with Gasteiger partial charge in [0, 0.05) is 24.7 Å². The van der Waals surface area contributed by atoms with E-state index in [1.807, 2.05) is 24.3 Å². The first-order valence-corrected chi connectivity index (χ1v) is 7.55. The number of aromatic hydroxyl groups is 1. The Labute approximate surface area is 138 Å². The van der Waals surface area contributed by atoms with Crippen molar-refractivity contribution in [3.63, 3.8) is 0 Å². The molecule has 1 aliphatic heterocycles. The minimum Gasteiger partial charge on any atom is -0.505 e. The van der Waals surface area contributed by atoms with Crippen molar-refractivity contribution in [1.29, 1.82) is 0 Å². The molecule has 0 radical (unpaired) electrons. The third-order valence-electron chi connectivity index (χ3n) is 4.31. The lowest BCUT2D eigenvalue weighted by molar-refractivity contribution is -0.148. The molecule has 1 unspecified atom stereocenters. The number of phenols is 1. The number of esters is 1. The maximum Gasteiger partial charge on any atom is 0.323 e. The number of ether oxygens (including phenoxy) is 1. The van der Waals surface area contributed by atoms with E-state index in [9.17, 15) is 18.7 Å². The summed E-state index contributed by atoms with van der Waals surface area (Å²) < 4.78 is 32.4. The van der Waals surface area contributed by atoms with Crippen LogP contribution in [-0.2, 0) is 29.0 Å². The van der Waals surface area contributed by atoms with E-state index < -0.39 is 29.4 Å². The van der Waals surface area contributed by atoms with E-state index in [1.54, 1.807) is 4.90 Å². The lowest BCUT2D eigenvalue weighted by atomic mass is 9.93. The standard InChI is InChI=1S/C18H17F2NO3/c1-24-18(23)16-7-11-4-2-3-5-12(11)9-21(16)10-13-6-15(20)17(22)8-14(13)19/h2-6,8,16,22H,7,9-10H2,1H3. The molecule has 0 bridgehead atoms. The summed E-state index contributed by atoms with van der Waals surface area (Å²) in [6, 6.07) is 8.83. The molecule has 0 aromatic heterocycles. The van der Waals surface area contributed by atoms with Gasteiger partial charge in [-0.05, 0) is 23.6 Å². The second kappa shape index (κ2) is 6.57. The van der Waals surface area contributed by atoms with Crippen molar-refractivity contribution in [2.24, 2.45) is 0 Å². The zero-order chi connectivity index (χ0) is 17.3. The lowest BCUT2D eigenvalue weighted by Crippen LogP contribution is -2.45. The fourth-order valence-corrected chi connectivity index (χ4v) is 3.03. The van der Waals surface area contributed by atoms with Gasteiger partial charge < -0.3 is 9.84 Å². The van der Waals surface area contributed by atoms with Crippen molar-refractivity contribution < 1.29 is 23.4 Å². The van der Waals surface area contributed by atoms with Gasteiger partial charge in [-0.1, -0.05) is 24.3 Å². The minimum absolute atomic E-state index is 0.0388. The number of methoxy groups -OCH3 is 1. The quantitative estimate of drug-likeness (QED) is 0.878. The Kier molecular flexibility index (Phi) is 4.49. The first-order chi connectivity index (χ1) is 11.5. The third kappa shape index (κ3) is 3.10. The highest BCUT2D eigenvalue weighted by molar-refractivity contribution is 5.76. The van der Waals surface area contributed by atoms with Gasteiger partial charge in [-0.3, -0.25) is 9.69 Å². The second-order valence-electron chi connectivity index (χ2n) is 5.81. The number of hydrogen-bond donors (Lipinski definition) is 1. The Bertz CT molecular complexity index is 779. The van der Waals surface area contributed by atoms with Crippen molar-refractivity contribution in [3.05, 3.63) is 64.7 Å². The number of halogens is 2. The van der Waals surface area contributed by atoms with E-state index in [4.69, 9.17) is 4.74 Å². The molecule has 0 spiro atoms. The van der Waals surface area contributed by atoms with E-state index in [-0.39, 0.29) is 12.1 Å². The maximum absolute atomic E-state index is 14.0. The van der Waals surface area contributed by atoms with E-state index in [2.05, 4.69) is 0 Å². The predicted molar refractivity (Wildman–Crippen MR) is 83.2 cm³/mol. The van der Waals surface area contributed by atoms with Gasteiger partial charge in [0.2, 0.25) is 0 Å². The molecule has 2 aromatic carbocycles. The normalized spacial score (nSPS) is 17.4. The van der Waals surface area contributed by atoms with Crippen molar-refractivity contribution in [2.45, 2.75) is 25.6 Å². The van der Waals surface area contributed by atoms with Crippen LogP contribution in [-0.4, -0.2) is 29.1 Å². The van der Waals surface area contributed by atoms with Gasteiger partial charge in [-0.2, -0.15) is 0 Å². The van der Waals surface area contributed by atoms with Crippen LogP contribution in [0, 0.1) is 11.6 Å². The highest BCUT2D eigenvalue weighted by atomic mass is 19.1. The summed E-state index contributed by atoms with van der Waals surface area (Å²) in [4.78, 5) is 13.9. The molecule has 0 aliphatic carbocycles. The Balaban J connectivity index is 1.92. The summed E-state index contributed by atoms with van der Waals surface area (Å²) in [6.07, 6.45) is 0.449. The van der Waals surface area contributed by atoms with Crippen molar-refractivity contribution >= 4 is 5.97 Å². The monoisotopic (exact) mass is 333 g/mol. The number of fused-ring (bicyclic) bond motifs is 1. The number of phenolic OH excluding ortho intramolecular Hbond substituents is 1. The highest BCUT2D eigenvalue weighted by Gasteiger charge is 2.32. The number of hydrogen-bond acceptors (Lipinski definition) is 4. The molecule has 126 valence electrons.